The molecule has 0 radical (unpaired) electrons. The Labute approximate surface area is 87.2 Å². The molecule has 1 rings (SSSR count). The van der Waals surface area contributed by atoms with Gasteiger partial charge >= 0.3 is 12.1 Å². The van der Waals surface area contributed by atoms with Crippen LogP contribution in [0.25, 0.3) is 0 Å². The Morgan fingerprint density at radius 2 is 1.80 bits per heavy atom. The van der Waals surface area contributed by atoms with Crippen LogP contribution in [0.3, 0.4) is 0 Å². The fraction of sp³-hybridized carbons (Fsp3) is 0.857. The molecule has 4 nitrogen and oxygen atoms in total. The molecule has 0 bridgehead atoms. The van der Waals surface area contributed by atoms with Gasteiger partial charge in [-0.3, -0.25) is 9.93 Å². The first-order valence-corrected chi connectivity index (χ1v) is 5.61. The van der Waals surface area contributed by atoms with Crippen molar-refractivity contribution in [2.75, 3.05) is 13.1 Å². The first kappa shape index (κ1) is 12.4. The maximum atomic E-state index is 12.0. The van der Waals surface area contributed by atoms with Gasteiger partial charge < -0.3 is 4.90 Å². The highest BCUT2D eigenvalue weighted by molar-refractivity contribution is 7.83. The number of nitrogens with two attached hydrogens (primary N) is 1. The predicted molar refractivity (Wildman–Crippen MR) is 48.0 cm³/mol. The van der Waals surface area contributed by atoms with Gasteiger partial charge in [0.1, 0.15) is 0 Å². The summed E-state index contributed by atoms with van der Waals surface area (Å²) in [6, 6.07) is 0. The number of hydrogen-bond donors (Lipinski definition) is 1. The van der Waals surface area contributed by atoms with Crippen LogP contribution in [0.15, 0.2) is 0 Å². The molecule has 1 saturated heterocycles. The zero-order chi connectivity index (χ0) is 11.6. The van der Waals surface area contributed by atoms with Gasteiger partial charge in [-0.15, -0.1) is 0 Å². The highest BCUT2D eigenvalue weighted by Gasteiger charge is 2.43. The predicted octanol–water partition coefficient (Wildman–Crippen LogP) is 0.162. The van der Waals surface area contributed by atoms with Crippen molar-refractivity contribution in [3.63, 3.8) is 0 Å². The number of hydrogen-bond acceptors (Lipinski definition) is 2. The van der Waals surface area contributed by atoms with Crippen LogP contribution in [0.1, 0.15) is 12.8 Å². The van der Waals surface area contributed by atoms with Crippen molar-refractivity contribution in [3.8, 4) is 0 Å². The van der Waals surface area contributed by atoms with Gasteiger partial charge in [0, 0.05) is 13.1 Å². The molecule has 0 aromatic rings. The molecule has 0 aromatic carbocycles. The van der Waals surface area contributed by atoms with E-state index in [-0.39, 0.29) is 31.2 Å². The summed E-state index contributed by atoms with van der Waals surface area (Å²) in [4.78, 5) is 11.5. The summed E-state index contributed by atoms with van der Waals surface area (Å²) in [5.74, 6) is -1.83. The number of alkyl halides is 3. The Morgan fingerprint density at radius 1 is 1.33 bits per heavy atom. The van der Waals surface area contributed by atoms with Gasteiger partial charge in [-0.25, -0.2) is 4.21 Å². The van der Waals surface area contributed by atoms with Crippen molar-refractivity contribution < 1.29 is 22.2 Å². The number of carbonyl (C=O) groups excluding carboxylic acids is 1. The number of amides is 1. The molecule has 2 N–H and O–H groups in total. The van der Waals surface area contributed by atoms with E-state index >= 15 is 0 Å². The number of halogens is 3. The van der Waals surface area contributed by atoms with E-state index in [1.165, 1.54) is 0 Å². The number of likely N-dealkylation sites (tertiary alicyclic amines) is 1. The van der Waals surface area contributed by atoms with Crippen LogP contribution in [0, 0.1) is 0 Å². The van der Waals surface area contributed by atoms with E-state index in [1.54, 1.807) is 0 Å². The van der Waals surface area contributed by atoms with Gasteiger partial charge in [0.25, 0.3) is 0 Å². The summed E-state index contributed by atoms with van der Waals surface area (Å²) in [5.41, 5.74) is 0. The summed E-state index contributed by atoms with van der Waals surface area (Å²) in [7, 11) is -1.52. The first-order valence-electron chi connectivity index (χ1n) is 4.33. The van der Waals surface area contributed by atoms with E-state index in [2.05, 4.69) is 0 Å². The lowest BCUT2D eigenvalue weighted by Gasteiger charge is -2.31. The van der Waals surface area contributed by atoms with Crippen LogP contribution in [0.2, 0.25) is 0 Å². The molecule has 8 heteroatoms. The summed E-state index contributed by atoms with van der Waals surface area (Å²) in [5, 5.41) is 4.82. The molecule has 88 valence electrons. The third kappa shape index (κ3) is 3.16. The van der Waals surface area contributed by atoms with E-state index in [0.29, 0.717) is 0 Å². The van der Waals surface area contributed by atoms with Crippen molar-refractivity contribution >= 4 is 16.9 Å². The van der Waals surface area contributed by atoms with Crippen LogP contribution >= 0.6 is 0 Å². The molecule has 1 atom stereocenters. The molecule has 1 amide bonds. The number of carbonyl (C=O) groups is 1. The minimum atomic E-state index is -4.82. The van der Waals surface area contributed by atoms with Crippen molar-refractivity contribution in [3.05, 3.63) is 0 Å². The third-order valence-corrected chi connectivity index (χ3v) is 3.43. The smallest absolute Gasteiger partial charge is 0.335 e. The third-order valence-electron chi connectivity index (χ3n) is 2.30. The molecule has 1 unspecified atom stereocenters. The molecular formula is C7H11F3N2O2S. The van der Waals surface area contributed by atoms with Crippen molar-refractivity contribution in [2.24, 2.45) is 5.14 Å². The summed E-state index contributed by atoms with van der Waals surface area (Å²) in [6.45, 7) is -0.0715. The van der Waals surface area contributed by atoms with Crippen LogP contribution < -0.4 is 5.14 Å². The largest absolute Gasteiger partial charge is 0.471 e. The molecule has 1 aliphatic heterocycles. The second-order valence-corrected chi connectivity index (χ2v) is 4.64. The van der Waals surface area contributed by atoms with Gasteiger partial charge in [-0.1, -0.05) is 0 Å². The molecular weight excluding hydrogens is 233 g/mol. The normalized spacial score (nSPS) is 21.5. The van der Waals surface area contributed by atoms with E-state index in [0.717, 1.165) is 4.90 Å². The number of piperidine rings is 1. The van der Waals surface area contributed by atoms with Gasteiger partial charge in [-0.05, 0) is 12.8 Å². The lowest BCUT2D eigenvalue weighted by molar-refractivity contribution is -0.186. The molecule has 1 aliphatic rings. The van der Waals surface area contributed by atoms with E-state index in [1.807, 2.05) is 0 Å². The van der Waals surface area contributed by atoms with E-state index in [9.17, 15) is 22.2 Å². The molecule has 1 heterocycles. The molecule has 0 aromatic heterocycles. The van der Waals surface area contributed by atoms with Crippen LogP contribution in [-0.2, 0) is 15.8 Å². The lowest BCUT2D eigenvalue weighted by atomic mass is 10.1. The number of rotatable bonds is 1. The maximum Gasteiger partial charge on any atom is 0.471 e. The van der Waals surface area contributed by atoms with Gasteiger partial charge in [0.05, 0.1) is 16.2 Å². The highest BCUT2D eigenvalue weighted by atomic mass is 32.2. The van der Waals surface area contributed by atoms with Crippen LogP contribution in [-0.4, -0.2) is 39.5 Å². The fourth-order valence-electron chi connectivity index (χ4n) is 1.47. The number of nitrogens with zero attached hydrogens (tertiary/aromatic N) is 1. The highest BCUT2D eigenvalue weighted by Crippen LogP contribution is 2.22. The Bertz CT molecular complexity index is 274. The summed E-state index contributed by atoms with van der Waals surface area (Å²) >= 11 is 0. The topological polar surface area (TPSA) is 63.4 Å². The second-order valence-electron chi connectivity index (χ2n) is 3.32. The van der Waals surface area contributed by atoms with Crippen molar-refractivity contribution in [1.82, 2.24) is 4.90 Å². The minimum absolute atomic E-state index is 0.0358. The first-order chi connectivity index (χ1) is 6.82. The van der Waals surface area contributed by atoms with Gasteiger partial charge in [-0.2, -0.15) is 13.2 Å². The fourth-order valence-corrected chi connectivity index (χ4v) is 2.15. The molecule has 0 saturated carbocycles. The average Bonchev–Trinajstić information content (AvgIpc) is 2.15. The second kappa shape index (κ2) is 4.48. The quantitative estimate of drug-likeness (QED) is 0.714. The van der Waals surface area contributed by atoms with Gasteiger partial charge in [0.2, 0.25) is 0 Å². The van der Waals surface area contributed by atoms with Gasteiger partial charge in [0.15, 0.2) is 0 Å². The summed E-state index contributed by atoms with van der Waals surface area (Å²) < 4.78 is 46.9. The summed E-state index contributed by atoms with van der Waals surface area (Å²) in [6.07, 6.45) is -4.31. The van der Waals surface area contributed by atoms with Crippen molar-refractivity contribution in [1.29, 1.82) is 0 Å². The SMILES string of the molecule is NS(=O)C1CCN(C(=O)C(F)(F)F)CC1. The van der Waals surface area contributed by atoms with E-state index < -0.39 is 23.1 Å². The zero-order valence-corrected chi connectivity index (χ0v) is 8.61. The average molecular weight is 244 g/mol. The van der Waals surface area contributed by atoms with Crippen LogP contribution in [0.5, 0.6) is 0 Å². The Kier molecular flexibility index (Phi) is 3.72. The Hall–Kier alpha value is -0.630. The van der Waals surface area contributed by atoms with Crippen molar-refractivity contribution in [2.45, 2.75) is 24.3 Å². The molecule has 0 aliphatic carbocycles. The minimum Gasteiger partial charge on any atom is -0.335 e. The Balaban J connectivity index is 2.51. The maximum absolute atomic E-state index is 12.0. The monoisotopic (exact) mass is 244 g/mol. The van der Waals surface area contributed by atoms with E-state index in [4.69, 9.17) is 5.14 Å². The standard InChI is InChI=1S/C7H11F3N2O2S/c8-7(9,10)6(13)12-3-1-5(2-4-12)15(11)14/h5H,1-4,11H2. The molecule has 15 heavy (non-hydrogen) atoms. The lowest BCUT2D eigenvalue weighted by Crippen LogP contribution is -2.47. The molecule has 0 spiro atoms. The Morgan fingerprint density at radius 3 is 2.13 bits per heavy atom. The van der Waals surface area contributed by atoms with Crippen LogP contribution in [0.4, 0.5) is 13.2 Å². The zero-order valence-electron chi connectivity index (χ0n) is 7.79. The molecule has 1 fully saturated rings.